The Morgan fingerprint density at radius 2 is 2.45 bits per heavy atom. The lowest BCUT2D eigenvalue weighted by molar-refractivity contribution is 0.00333. The van der Waals surface area contributed by atoms with Crippen LogP contribution in [0.5, 0.6) is 0 Å². The van der Waals surface area contributed by atoms with E-state index >= 15 is 0 Å². The van der Waals surface area contributed by atoms with Gasteiger partial charge in [0.15, 0.2) is 0 Å². The second kappa shape index (κ2) is 4.70. The van der Waals surface area contributed by atoms with Gasteiger partial charge >= 0.3 is 0 Å². The molecule has 1 atom stereocenters. The summed E-state index contributed by atoms with van der Waals surface area (Å²) in [6.45, 7) is 3.96. The largest absolute Gasteiger partial charge is 0.378 e. The van der Waals surface area contributed by atoms with Crippen molar-refractivity contribution >= 4 is 0 Å². The first kappa shape index (κ1) is 8.97. The summed E-state index contributed by atoms with van der Waals surface area (Å²) in [7, 11) is 4.16. The molecular formula is C8H18N2O. The Kier molecular flexibility index (Phi) is 3.83. The van der Waals surface area contributed by atoms with E-state index in [0.29, 0.717) is 6.04 Å². The van der Waals surface area contributed by atoms with Crippen molar-refractivity contribution in [1.82, 2.24) is 10.2 Å². The molecule has 1 unspecified atom stereocenters. The number of ether oxygens (including phenoxy) is 1. The van der Waals surface area contributed by atoms with Crippen LogP contribution in [0.3, 0.4) is 0 Å². The monoisotopic (exact) mass is 158 g/mol. The van der Waals surface area contributed by atoms with Crippen LogP contribution < -0.4 is 5.32 Å². The first-order valence-electron chi connectivity index (χ1n) is 4.27. The summed E-state index contributed by atoms with van der Waals surface area (Å²) in [6.07, 6.45) is 1.19. The first-order chi connectivity index (χ1) is 5.34. The Bertz CT molecular complexity index is 108. The number of nitrogens with zero attached hydrogens (tertiary/aromatic N) is 1. The molecule has 3 heteroatoms. The van der Waals surface area contributed by atoms with Crippen LogP contribution in [-0.4, -0.2) is 51.3 Å². The maximum absolute atomic E-state index is 5.38. The maximum atomic E-state index is 5.38. The number of hydrogen-bond acceptors (Lipinski definition) is 3. The zero-order valence-electron chi connectivity index (χ0n) is 7.47. The van der Waals surface area contributed by atoms with E-state index in [1.165, 1.54) is 6.42 Å². The van der Waals surface area contributed by atoms with Crippen molar-refractivity contribution in [3.8, 4) is 0 Å². The van der Waals surface area contributed by atoms with Crippen LogP contribution in [0.1, 0.15) is 6.42 Å². The highest BCUT2D eigenvalue weighted by molar-refractivity contribution is 4.72. The number of likely N-dealkylation sites (N-methyl/N-ethyl adjacent to an activating group) is 1. The van der Waals surface area contributed by atoms with Crippen LogP contribution in [0, 0.1) is 0 Å². The summed E-state index contributed by atoms with van der Waals surface area (Å²) in [5.41, 5.74) is 0. The fourth-order valence-corrected chi connectivity index (χ4v) is 1.35. The van der Waals surface area contributed by atoms with Gasteiger partial charge in [0.25, 0.3) is 0 Å². The van der Waals surface area contributed by atoms with E-state index in [4.69, 9.17) is 4.74 Å². The van der Waals surface area contributed by atoms with Gasteiger partial charge in [0.2, 0.25) is 0 Å². The maximum Gasteiger partial charge on any atom is 0.0622 e. The number of morpholine rings is 1. The van der Waals surface area contributed by atoms with Gasteiger partial charge in [-0.1, -0.05) is 0 Å². The molecule has 0 bridgehead atoms. The molecule has 11 heavy (non-hydrogen) atoms. The molecule has 0 amide bonds. The highest BCUT2D eigenvalue weighted by Crippen LogP contribution is 2.06. The van der Waals surface area contributed by atoms with E-state index in [1.807, 2.05) is 7.05 Å². The van der Waals surface area contributed by atoms with Gasteiger partial charge < -0.3 is 10.1 Å². The Labute approximate surface area is 68.7 Å². The molecule has 1 aliphatic heterocycles. The van der Waals surface area contributed by atoms with Gasteiger partial charge in [-0.15, -0.1) is 0 Å². The smallest absolute Gasteiger partial charge is 0.0622 e. The van der Waals surface area contributed by atoms with Crippen molar-refractivity contribution in [3.05, 3.63) is 0 Å². The zero-order valence-corrected chi connectivity index (χ0v) is 7.47. The van der Waals surface area contributed by atoms with Crippen LogP contribution in [0.25, 0.3) is 0 Å². The van der Waals surface area contributed by atoms with Gasteiger partial charge in [-0.05, 0) is 27.1 Å². The Morgan fingerprint density at radius 1 is 1.64 bits per heavy atom. The molecular weight excluding hydrogens is 140 g/mol. The number of hydrogen-bond donors (Lipinski definition) is 1. The Balaban J connectivity index is 2.18. The average Bonchev–Trinajstić information content (AvgIpc) is 2.03. The van der Waals surface area contributed by atoms with Crippen LogP contribution in [0.2, 0.25) is 0 Å². The predicted molar refractivity (Wildman–Crippen MR) is 45.8 cm³/mol. The SMILES string of the molecule is CNCCC1COCCN1C. The van der Waals surface area contributed by atoms with E-state index < -0.39 is 0 Å². The summed E-state index contributed by atoms with van der Waals surface area (Å²) in [6, 6.07) is 0.621. The highest BCUT2D eigenvalue weighted by atomic mass is 16.5. The summed E-state index contributed by atoms with van der Waals surface area (Å²) < 4.78 is 5.38. The van der Waals surface area contributed by atoms with Gasteiger partial charge in [-0.2, -0.15) is 0 Å². The topological polar surface area (TPSA) is 24.5 Å². The molecule has 0 spiro atoms. The van der Waals surface area contributed by atoms with E-state index in [-0.39, 0.29) is 0 Å². The summed E-state index contributed by atoms with van der Waals surface area (Å²) in [5.74, 6) is 0. The molecule has 0 aromatic rings. The lowest BCUT2D eigenvalue weighted by atomic mass is 10.2. The fourth-order valence-electron chi connectivity index (χ4n) is 1.35. The lowest BCUT2D eigenvalue weighted by Crippen LogP contribution is -2.43. The molecule has 1 rings (SSSR count). The third-order valence-electron chi connectivity index (χ3n) is 2.25. The van der Waals surface area contributed by atoms with Crippen molar-refractivity contribution in [2.24, 2.45) is 0 Å². The average molecular weight is 158 g/mol. The minimum atomic E-state index is 0.621. The van der Waals surface area contributed by atoms with Crippen LogP contribution in [-0.2, 0) is 4.74 Å². The molecule has 0 aromatic carbocycles. The molecule has 66 valence electrons. The third-order valence-corrected chi connectivity index (χ3v) is 2.25. The number of rotatable bonds is 3. The Morgan fingerprint density at radius 3 is 3.09 bits per heavy atom. The van der Waals surface area contributed by atoms with E-state index in [9.17, 15) is 0 Å². The van der Waals surface area contributed by atoms with Crippen LogP contribution in [0.15, 0.2) is 0 Å². The summed E-state index contributed by atoms with van der Waals surface area (Å²) >= 11 is 0. The van der Waals surface area contributed by atoms with Crippen molar-refractivity contribution < 1.29 is 4.74 Å². The lowest BCUT2D eigenvalue weighted by Gasteiger charge is -2.32. The van der Waals surface area contributed by atoms with Crippen molar-refractivity contribution in [2.45, 2.75) is 12.5 Å². The van der Waals surface area contributed by atoms with Crippen molar-refractivity contribution in [2.75, 3.05) is 40.4 Å². The summed E-state index contributed by atoms with van der Waals surface area (Å²) in [5, 5.41) is 3.15. The van der Waals surface area contributed by atoms with E-state index in [0.717, 1.165) is 26.3 Å². The molecule has 1 N–H and O–H groups in total. The molecule has 1 heterocycles. The van der Waals surface area contributed by atoms with Gasteiger partial charge in [0, 0.05) is 12.6 Å². The second-order valence-corrected chi connectivity index (χ2v) is 3.10. The Hall–Kier alpha value is -0.120. The fraction of sp³-hybridized carbons (Fsp3) is 1.00. The molecule has 0 radical (unpaired) electrons. The third kappa shape index (κ3) is 2.77. The summed E-state index contributed by atoms with van der Waals surface area (Å²) in [4.78, 5) is 2.38. The normalized spacial score (nSPS) is 27.3. The molecule has 1 fully saturated rings. The van der Waals surface area contributed by atoms with Gasteiger partial charge in [-0.25, -0.2) is 0 Å². The van der Waals surface area contributed by atoms with Gasteiger partial charge in [0.1, 0.15) is 0 Å². The molecule has 0 saturated carbocycles. The molecule has 3 nitrogen and oxygen atoms in total. The van der Waals surface area contributed by atoms with Gasteiger partial charge in [-0.3, -0.25) is 4.90 Å². The number of nitrogens with one attached hydrogen (secondary N) is 1. The minimum Gasteiger partial charge on any atom is -0.378 e. The zero-order chi connectivity index (χ0) is 8.10. The van der Waals surface area contributed by atoms with Crippen molar-refractivity contribution in [1.29, 1.82) is 0 Å². The highest BCUT2D eigenvalue weighted by Gasteiger charge is 2.17. The molecule has 0 aliphatic carbocycles. The minimum absolute atomic E-state index is 0.621. The quantitative estimate of drug-likeness (QED) is 0.622. The van der Waals surface area contributed by atoms with Crippen molar-refractivity contribution in [3.63, 3.8) is 0 Å². The standard InChI is InChI=1S/C8H18N2O/c1-9-4-3-8-7-11-6-5-10(8)2/h8-9H,3-7H2,1-2H3. The van der Waals surface area contributed by atoms with Crippen LogP contribution >= 0.6 is 0 Å². The second-order valence-electron chi connectivity index (χ2n) is 3.10. The van der Waals surface area contributed by atoms with Crippen LogP contribution in [0.4, 0.5) is 0 Å². The first-order valence-corrected chi connectivity index (χ1v) is 4.27. The van der Waals surface area contributed by atoms with E-state index in [1.54, 1.807) is 0 Å². The predicted octanol–water partition coefficient (Wildman–Crippen LogP) is -0.0735. The molecule has 1 saturated heterocycles. The molecule has 1 aliphatic rings. The van der Waals surface area contributed by atoms with Gasteiger partial charge in [0.05, 0.1) is 13.2 Å². The molecule has 0 aromatic heterocycles. The van der Waals surface area contributed by atoms with E-state index in [2.05, 4.69) is 17.3 Å².